The van der Waals surface area contributed by atoms with Crippen LogP contribution in [0, 0.1) is 35.2 Å². The monoisotopic (exact) mass is 661 g/mol. The molecule has 1 aliphatic carbocycles. The molecule has 5 rings (SSSR count). The lowest BCUT2D eigenvalue weighted by Crippen LogP contribution is -2.59. The van der Waals surface area contributed by atoms with E-state index >= 15 is 0 Å². The number of carbonyl (C=O) groups excluding carboxylic acids is 4. The summed E-state index contributed by atoms with van der Waals surface area (Å²) in [6.07, 6.45) is -5.87. The van der Waals surface area contributed by atoms with Crippen molar-refractivity contribution in [2.45, 2.75) is 81.8 Å². The van der Waals surface area contributed by atoms with E-state index in [1.165, 1.54) is 4.90 Å². The summed E-state index contributed by atoms with van der Waals surface area (Å²) in [5.41, 5.74) is -0.982. The van der Waals surface area contributed by atoms with Gasteiger partial charge in [-0.1, -0.05) is 6.42 Å². The van der Waals surface area contributed by atoms with Crippen molar-refractivity contribution >= 4 is 29.3 Å². The molecule has 10 nitrogen and oxygen atoms in total. The van der Waals surface area contributed by atoms with Gasteiger partial charge in [-0.25, -0.2) is 13.2 Å². The average molecular weight is 662 g/mol. The van der Waals surface area contributed by atoms with Gasteiger partial charge in [-0.05, 0) is 50.4 Å². The number of rotatable bonds is 11. The summed E-state index contributed by atoms with van der Waals surface area (Å²) < 4.78 is 82.3. The molecule has 0 radical (unpaired) electrons. The fraction of sp³-hybridized carbons (Fsp3) is 0.667. The normalized spacial score (nSPS) is 26.2. The van der Waals surface area contributed by atoms with Gasteiger partial charge in [0.2, 0.25) is 17.7 Å². The van der Waals surface area contributed by atoms with Crippen molar-refractivity contribution in [1.29, 1.82) is 0 Å². The van der Waals surface area contributed by atoms with E-state index in [0.717, 1.165) is 17.7 Å². The third kappa shape index (κ3) is 7.36. The Bertz CT molecular complexity index is 1320. The summed E-state index contributed by atoms with van der Waals surface area (Å²) in [6, 6.07) is -3.60. The molecule has 3 aliphatic heterocycles. The lowest BCUT2D eigenvalue weighted by atomic mass is 9.91. The molecule has 1 aromatic carbocycles. The SMILES string of the molecule is O=C1NCCC1C[C@H](NC(=O)C1[C@H]2CCCC2CN1C(=O)C(CCC(F)(F)F)Nc1c(F)cc(F)cc1F)C(O)C(=O)N1CCC1. The Morgan fingerprint density at radius 2 is 1.72 bits per heavy atom. The van der Waals surface area contributed by atoms with Crippen LogP contribution in [0.3, 0.4) is 0 Å². The van der Waals surface area contributed by atoms with Gasteiger partial charge < -0.3 is 30.9 Å². The second-order valence-electron chi connectivity index (χ2n) is 12.6. The highest BCUT2D eigenvalue weighted by Gasteiger charge is 2.51. The second kappa shape index (κ2) is 13.7. The molecule has 46 heavy (non-hydrogen) atoms. The first-order valence-electron chi connectivity index (χ1n) is 15.6. The summed E-state index contributed by atoms with van der Waals surface area (Å²) in [4.78, 5) is 55.7. The quantitative estimate of drug-likeness (QED) is 0.270. The predicted molar refractivity (Wildman–Crippen MR) is 150 cm³/mol. The zero-order valence-electron chi connectivity index (χ0n) is 24.9. The molecular formula is C30H37F6N5O5. The van der Waals surface area contributed by atoms with E-state index in [1.54, 1.807) is 0 Å². The molecule has 5 unspecified atom stereocenters. The van der Waals surface area contributed by atoms with Crippen LogP contribution in [-0.4, -0.2) is 95.1 Å². The number of aliphatic hydroxyl groups is 1. The van der Waals surface area contributed by atoms with Crippen LogP contribution in [0.4, 0.5) is 32.0 Å². The minimum Gasteiger partial charge on any atom is -0.381 e. The average Bonchev–Trinajstić information content (AvgIpc) is 3.65. The van der Waals surface area contributed by atoms with Crippen LogP contribution in [-0.2, 0) is 19.2 Å². The smallest absolute Gasteiger partial charge is 0.381 e. The Hall–Kier alpha value is -3.56. The molecule has 1 saturated carbocycles. The fourth-order valence-corrected chi connectivity index (χ4v) is 7.10. The Kier molecular flexibility index (Phi) is 10.0. The van der Waals surface area contributed by atoms with E-state index in [1.807, 2.05) is 0 Å². The van der Waals surface area contributed by atoms with Crippen LogP contribution in [0.1, 0.15) is 51.4 Å². The number of aliphatic hydroxyl groups excluding tert-OH is 1. The maximum atomic E-state index is 14.5. The number of hydrogen-bond donors (Lipinski definition) is 4. The standard InChI is InChI=1S/C30H37F6N5O5/c31-17-12-19(32)23(20(33)13-17)38-21(5-7-30(34,35)36)28(45)41-14-16-3-1-4-18(16)24(41)27(44)39-22(11-15-6-8-37-26(15)43)25(42)29(46)40-9-2-10-40/h12-13,15-16,18,21-22,24-25,38,42H,1-11,14H2,(H,37,43)(H,39,44)/t15?,16?,18-,21?,22-,24?,25?/m0/s1. The van der Waals surface area contributed by atoms with Crippen LogP contribution >= 0.6 is 0 Å². The maximum absolute atomic E-state index is 14.5. The van der Waals surface area contributed by atoms with Gasteiger partial charge in [0.15, 0.2) is 17.7 Å². The highest BCUT2D eigenvalue weighted by Crippen LogP contribution is 2.43. The lowest BCUT2D eigenvalue weighted by molar-refractivity contribution is -0.148. The van der Waals surface area contributed by atoms with Gasteiger partial charge in [0.25, 0.3) is 5.91 Å². The van der Waals surface area contributed by atoms with E-state index in [4.69, 9.17) is 0 Å². The van der Waals surface area contributed by atoms with Gasteiger partial charge in [-0.15, -0.1) is 0 Å². The third-order valence-corrected chi connectivity index (χ3v) is 9.61. The van der Waals surface area contributed by atoms with Crippen molar-refractivity contribution in [2.24, 2.45) is 17.8 Å². The summed E-state index contributed by atoms with van der Waals surface area (Å²) in [5, 5.41) is 18.6. The lowest BCUT2D eigenvalue weighted by Gasteiger charge is -2.36. The fourth-order valence-electron chi connectivity index (χ4n) is 7.10. The first-order valence-corrected chi connectivity index (χ1v) is 15.6. The Morgan fingerprint density at radius 3 is 2.30 bits per heavy atom. The van der Waals surface area contributed by atoms with E-state index in [9.17, 15) is 50.6 Å². The van der Waals surface area contributed by atoms with Crippen LogP contribution in [0.25, 0.3) is 0 Å². The topological polar surface area (TPSA) is 131 Å². The molecule has 4 amide bonds. The van der Waals surface area contributed by atoms with E-state index in [-0.39, 0.29) is 24.8 Å². The molecule has 4 N–H and O–H groups in total. The number of nitrogens with zero attached hydrogens (tertiary/aromatic N) is 2. The van der Waals surface area contributed by atoms with Crippen LogP contribution in [0.2, 0.25) is 0 Å². The minimum atomic E-state index is -4.72. The molecule has 7 atom stereocenters. The molecule has 3 saturated heterocycles. The second-order valence-corrected chi connectivity index (χ2v) is 12.6. The van der Waals surface area contributed by atoms with Crippen molar-refractivity contribution in [3.05, 3.63) is 29.6 Å². The first-order chi connectivity index (χ1) is 21.7. The number of amides is 4. The number of halogens is 6. The largest absolute Gasteiger partial charge is 0.389 e. The number of benzene rings is 1. The van der Waals surface area contributed by atoms with Crippen LogP contribution < -0.4 is 16.0 Å². The van der Waals surface area contributed by atoms with Gasteiger partial charge in [-0.2, -0.15) is 13.2 Å². The first kappa shape index (κ1) is 33.8. The maximum Gasteiger partial charge on any atom is 0.389 e. The van der Waals surface area contributed by atoms with Crippen molar-refractivity contribution < 1.29 is 50.6 Å². The van der Waals surface area contributed by atoms with Gasteiger partial charge in [0.05, 0.1) is 6.04 Å². The molecule has 0 bridgehead atoms. The number of hydrogen-bond acceptors (Lipinski definition) is 6. The number of anilines is 1. The summed E-state index contributed by atoms with van der Waals surface area (Å²) in [6.45, 7) is 1.23. The third-order valence-electron chi connectivity index (χ3n) is 9.61. The van der Waals surface area contributed by atoms with Crippen LogP contribution in [0.15, 0.2) is 12.1 Å². The number of likely N-dealkylation sites (tertiary alicyclic amines) is 2. The van der Waals surface area contributed by atoms with E-state index < -0.39 is 95.9 Å². The molecule has 4 aliphatic rings. The predicted octanol–water partition coefficient (Wildman–Crippen LogP) is 2.46. The number of nitrogens with one attached hydrogen (secondary N) is 3. The van der Waals surface area contributed by atoms with Gasteiger partial charge in [0.1, 0.15) is 23.6 Å². The molecule has 0 aromatic heterocycles. The Balaban J connectivity index is 1.40. The molecular weight excluding hydrogens is 624 g/mol. The zero-order valence-corrected chi connectivity index (χ0v) is 24.9. The van der Waals surface area contributed by atoms with Crippen molar-refractivity contribution in [1.82, 2.24) is 20.4 Å². The van der Waals surface area contributed by atoms with Gasteiger partial charge in [-0.3, -0.25) is 19.2 Å². The van der Waals surface area contributed by atoms with Crippen molar-refractivity contribution in [3.63, 3.8) is 0 Å². The molecule has 4 fully saturated rings. The van der Waals surface area contributed by atoms with E-state index in [2.05, 4.69) is 16.0 Å². The zero-order chi connectivity index (χ0) is 33.3. The molecule has 0 spiro atoms. The molecule has 3 heterocycles. The summed E-state index contributed by atoms with van der Waals surface area (Å²) in [7, 11) is 0. The number of alkyl halides is 3. The van der Waals surface area contributed by atoms with Crippen LogP contribution in [0.5, 0.6) is 0 Å². The molecule has 254 valence electrons. The minimum absolute atomic E-state index is 0.00880. The Morgan fingerprint density at radius 1 is 1.02 bits per heavy atom. The molecule has 16 heteroatoms. The highest BCUT2D eigenvalue weighted by atomic mass is 19.4. The summed E-state index contributed by atoms with van der Waals surface area (Å²) >= 11 is 0. The van der Waals surface area contributed by atoms with Crippen molar-refractivity contribution in [2.75, 3.05) is 31.5 Å². The van der Waals surface area contributed by atoms with Gasteiger partial charge >= 0.3 is 6.18 Å². The number of fused-ring (bicyclic) bond motifs is 1. The Labute approximate surface area is 261 Å². The number of carbonyl (C=O) groups is 4. The highest BCUT2D eigenvalue weighted by molar-refractivity contribution is 5.93. The summed E-state index contributed by atoms with van der Waals surface area (Å²) in [5.74, 6) is -8.02. The molecule has 1 aromatic rings. The van der Waals surface area contributed by atoms with E-state index in [0.29, 0.717) is 51.0 Å². The van der Waals surface area contributed by atoms with Crippen molar-refractivity contribution in [3.8, 4) is 0 Å². The van der Waals surface area contributed by atoms with Gasteiger partial charge in [0, 0.05) is 50.7 Å².